The second-order valence-corrected chi connectivity index (χ2v) is 6.55. The number of rotatable bonds is 4. The van der Waals surface area contributed by atoms with Crippen LogP contribution in [0.1, 0.15) is 63.5 Å². The van der Waals surface area contributed by atoms with E-state index in [4.69, 9.17) is 0 Å². The van der Waals surface area contributed by atoms with E-state index in [2.05, 4.69) is 50.4 Å². The van der Waals surface area contributed by atoms with E-state index in [9.17, 15) is 0 Å². The normalized spacial score (nSPS) is 19.4. The molecule has 1 saturated carbocycles. The molecule has 1 fully saturated rings. The maximum absolute atomic E-state index is 3.71. The summed E-state index contributed by atoms with van der Waals surface area (Å²) in [5.41, 5.74) is 3.42. The summed E-state index contributed by atoms with van der Waals surface area (Å²) in [6, 6.07) is 9.59. The number of hydrogen-bond donors (Lipinski definition) is 1. The van der Waals surface area contributed by atoms with Gasteiger partial charge in [0.05, 0.1) is 0 Å². The topological polar surface area (TPSA) is 12.0 Å². The summed E-state index contributed by atoms with van der Waals surface area (Å²) in [7, 11) is 0. The summed E-state index contributed by atoms with van der Waals surface area (Å²) >= 11 is 0. The first kappa shape index (κ1) is 14.6. The monoisotopic (exact) mass is 259 g/mol. The van der Waals surface area contributed by atoms with E-state index >= 15 is 0 Å². The third-order valence-electron chi connectivity index (χ3n) is 4.63. The van der Waals surface area contributed by atoms with Crippen LogP contribution < -0.4 is 5.32 Å². The molecule has 0 heterocycles. The van der Waals surface area contributed by atoms with Gasteiger partial charge in [0.1, 0.15) is 0 Å². The molecule has 1 nitrogen and oxygen atoms in total. The smallest absolute Gasteiger partial charge is 0.00805 e. The van der Waals surface area contributed by atoms with Gasteiger partial charge < -0.3 is 5.32 Å². The molecule has 0 aliphatic heterocycles. The SMILES string of the molecule is Cc1ccccc1C1(CNC(C)C)CCCCCC1. The van der Waals surface area contributed by atoms with Gasteiger partial charge in [-0.1, -0.05) is 63.8 Å². The van der Waals surface area contributed by atoms with Gasteiger partial charge >= 0.3 is 0 Å². The Kier molecular flexibility index (Phi) is 5.04. The van der Waals surface area contributed by atoms with Crippen LogP contribution >= 0.6 is 0 Å². The fourth-order valence-corrected chi connectivity index (χ4v) is 3.51. The zero-order valence-corrected chi connectivity index (χ0v) is 12.8. The first-order valence-electron chi connectivity index (χ1n) is 7.93. The maximum atomic E-state index is 3.71. The van der Waals surface area contributed by atoms with E-state index in [1.165, 1.54) is 44.1 Å². The molecule has 2 rings (SSSR count). The zero-order valence-electron chi connectivity index (χ0n) is 12.8. The largest absolute Gasteiger partial charge is 0.314 e. The van der Waals surface area contributed by atoms with Crippen LogP contribution in [0, 0.1) is 6.92 Å². The number of hydrogen-bond acceptors (Lipinski definition) is 1. The molecular weight excluding hydrogens is 230 g/mol. The predicted molar refractivity (Wildman–Crippen MR) is 83.7 cm³/mol. The summed E-state index contributed by atoms with van der Waals surface area (Å²) in [6.07, 6.45) is 8.28. The number of aryl methyl sites for hydroxylation is 1. The van der Waals surface area contributed by atoms with Crippen molar-refractivity contribution in [3.63, 3.8) is 0 Å². The van der Waals surface area contributed by atoms with Crippen LogP contribution in [0.3, 0.4) is 0 Å². The lowest BCUT2D eigenvalue weighted by molar-refractivity contribution is 0.334. The van der Waals surface area contributed by atoms with E-state index in [1.807, 2.05) is 0 Å². The molecule has 106 valence electrons. The molecule has 0 atom stereocenters. The van der Waals surface area contributed by atoms with Gasteiger partial charge in [0.2, 0.25) is 0 Å². The average molecular weight is 259 g/mol. The van der Waals surface area contributed by atoms with E-state index in [1.54, 1.807) is 5.56 Å². The van der Waals surface area contributed by atoms with Crippen LogP contribution in [-0.4, -0.2) is 12.6 Å². The lowest BCUT2D eigenvalue weighted by Gasteiger charge is -2.36. The summed E-state index contributed by atoms with van der Waals surface area (Å²) in [5.74, 6) is 0. The molecule has 0 bridgehead atoms. The molecule has 1 aromatic rings. The molecule has 0 saturated heterocycles. The highest BCUT2D eigenvalue weighted by Gasteiger charge is 2.33. The molecule has 0 spiro atoms. The average Bonchev–Trinajstić information content (AvgIpc) is 2.63. The van der Waals surface area contributed by atoms with Crippen molar-refractivity contribution in [2.45, 2.75) is 70.8 Å². The van der Waals surface area contributed by atoms with E-state index in [-0.39, 0.29) is 0 Å². The highest BCUT2D eigenvalue weighted by molar-refractivity contribution is 5.34. The van der Waals surface area contributed by atoms with Crippen molar-refractivity contribution in [1.82, 2.24) is 5.32 Å². The van der Waals surface area contributed by atoms with Gasteiger partial charge in [0.25, 0.3) is 0 Å². The predicted octanol–water partition coefficient (Wildman–Crippen LogP) is 4.59. The van der Waals surface area contributed by atoms with Gasteiger partial charge in [-0.15, -0.1) is 0 Å². The van der Waals surface area contributed by atoms with Crippen LogP contribution in [0.4, 0.5) is 0 Å². The van der Waals surface area contributed by atoms with Crippen molar-refractivity contribution in [2.24, 2.45) is 0 Å². The van der Waals surface area contributed by atoms with E-state index in [0.717, 1.165) is 6.54 Å². The molecule has 1 aliphatic rings. The van der Waals surface area contributed by atoms with Crippen LogP contribution in [0.5, 0.6) is 0 Å². The van der Waals surface area contributed by atoms with Crippen LogP contribution in [-0.2, 0) is 5.41 Å². The Bertz CT molecular complexity index is 386. The van der Waals surface area contributed by atoms with Crippen molar-refractivity contribution in [3.8, 4) is 0 Å². The summed E-state index contributed by atoms with van der Waals surface area (Å²) in [4.78, 5) is 0. The number of benzene rings is 1. The van der Waals surface area contributed by atoms with Gasteiger partial charge in [-0.3, -0.25) is 0 Å². The molecule has 0 unspecified atom stereocenters. The molecule has 1 N–H and O–H groups in total. The molecule has 0 aromatic heterocycles. The van der Waals surface area contributed by atoms with Crippen LogP contribution in [0.15, 0.2) is 24.3 Å². The van der Waals surface area contributed by atoms with Gasteiger partial charge in [0.15, 0.2) is 0 Å². The second kappa shape index (κ2) is 6.56. The molecule has 0 radical (unpaired) electrons. The molecule has 1 heteroatoms. The van der Waals surface area contributed by atoms with Gasteiger partial charge in [0, 0.05) is 18.0 Å². The van der Waals surface area contributed by atoms with Crippen LogP contribution in [0.25, 0.3) is 0 Å². The maximum Gasteiger partial charge on any atom is 0.00805 e. The number of nitrogens with one attached hydrogen (secondary N) is 1. The van der Waals surface area contributed by atoms with E-state index < -0.39 is 0 Å². The Hall–Kier alpha value is -0.820. The highest BCUT2D eigenvalue weighted by atomic mass is 14.9. The Morgan fingerprint density at radius 3 is 2.26 bits per heavy atom. The van der Waals surface area contributed by atoms with E-state index in [0.29, 0.717) is 11.5 Å². The van der Waals surface area contributed by atoms with Crippen molar-refractivity contribution < 1.29 is 0 Å². The Morgan fingerprint density at radius 2 is 1.68 bits per heavy atom. The first-order chi connectivity index (χ1) is 9.14. The lowest BCUT2D eigenvalue weighted by atomic mass is 9.72. The quantitative estimate of drug-likeness (QED) is 0.780. The van der Waals surface area contributed by atoms with Gasteiger partial charge in [-0.25, -0.2) is 0 Å². The Labute approximate surface area is 118 Å². The fraction of sp³-hybridized carbons (Fsp3) is 0.667. The highest BCUT2D eigenvalue weighted by Crippen LogP contribution is 2.39. The Morgan fingerprint density at radius 1 is 1.05 bits per heavy atom. The lowest BCUT2D eigenvalue weighted by Crippen LogP contribution is -2.41. The third kappa shape index (κ3) is 3.60. The summed E-state index contributed by atoms with van der Waals surface area (Å²) in [5, 5.41) is 3.71. The molecule has 19 heavy (non-hydrogen) atoms. The molecule has 1 aromatic carbocycles. The first-order valence-corrected chi connectivity index (χ1v) is 7.93. The standard InChI is InChI=1S/C18H29N/c1-15(2)19-14-18(12-8-4-5-9-13-18)17-11-7-6-10-16(17)3/h6-7,10-11,15,19H,4-5,8-9,12-14H2,1-3H3. The zero-order chi connectivity index (χ0) is 13.7. The Balaban J connectivity index is 2.29. The minimum atomic E-state index is 0.367. The van der Waals surface area contributed by atoms with Gasteiger partial charge in [-0.2, -0.15) is 0 Å². The summed E-state index contributed by atoms with van der Waals surface area (Å²) < 4.78 is 0. The van der Waals surface area contributed by atoms with Crippen molar-refractivity contribution >= 4 is 0 Å². The van der Waals surface area contributed by atoms with Crippen molar-refractivity contribution in [1.29, 1.82) is 0 Å². The second-order valence-electron chi connectivity index (χ2n) is 6.55. The van der Waals surface area contributed by atoms with Crippen molar-refractivity contribution in [3.05, 3.63) is 35.4 Å². The van der Waals surface area contributed by atoms with Crippen molar-refractivity contribution in [2.75, 3.05) is 6.54 Å². The minimum absolute atomic E-state index is 0.367. The molecular formula is C18H29N. The third-order valence-corrected chi connectivity index (χ3v) is 4.63. The van der Waals surface area contributed by atoms with Crippen LogP contribution in [0.2, 0.25) is 0 Å². The van der Waals surface area contributed by atoms with Gasteiger partial charge in [-0.05, 0) is 30.9 Å². The fourth-order valence-electron chi connectivity index (χ4n) is 3.51. The minimum Gasteiger partial charge on any atom is -0.314 e. The molecule has 0 amide bonds. The summed E-state index contributed by atoms with van der Waals surface area (Å²) in [6.45, 7) is 7.91. The molecule has 1 aliphatic carbocycles.